The number of nitrogens with one attached hydrogen (secondary N) is 2. The van der Waals surface area contributed by atoms with Gasteiger partial charge in [-0.25, -0.2) is 4.98 Å². The second kappa shape index (κ2) is 10.2. The Morgan fingerprint density at radius 3 is 2.63 bits per heavy atom. The Labute approximate surface area is 176 Å². The van der Waals surface area contributed by atoms with Crippen LogP contribution in [-0.2, 0) is 6.61 Å². The highest BCUT2D eigenvalue weighted by atomic mass is 32.1. The predicted molar refractivity (Wildman–Crippen MR) is 113 cm³/mol. The molecule has 156 valence electrons. The SMILES string of the molecule is COc1cc(C(=O)NCCNc2ccc([N+](=O)[O-])cc2)ccc1OCc1cscn1. The van der Waals surface area contributed by atoms with E-state index in [1.807, 2.05) is 5.38 Å². The van der Waals surface area contributed by atoms with E-state index in [0.717, 1.165) is 11.4 Å². The highest BCUT2D eigenvalue weighted by Gasteiger charge is 2.11. The van der Waals surface area contributed by atoms with Crippen molar-refractivity contribution >= 4 is 28.6 Å². The molecule has 0 radical (unpaired) electrons. The quantitative estimate of drug-likeness (QED) is 0.288. The molecule has 3 rings (SSSR count). The number of ether oxygens (including phenoxy) is 2. The van der Waals surface area contributed by atoms with Gasteiger partial charge in [-0.15, -0.1) is 11.3 Å². The van der Waals surface area contributed by atoms with Crippen LogP contribution in [0.4, 0.5) is 11.4 Å². The molecular formula is C20H20N4O5S. The van der Waals surface area contributed by atoms with Crippen molar-refractivity contribution in [1.29, 1.82) is 0 Å². The summed E-state index contributed by atoms with van der Waals surface area (Å²) >= 11 is 1.49. The number of anilines is 1. The van der Waals surface area contributed by atoms with Crippen molar-refractivity contribution in [2.24, 2.45) is 0 Å². The van der Waals surface area contributed by atoms with Crippen molar-refractivity contribution in [2.45, 2.75) is 6.61 Å². The van der Waals surface area contributed by atoms with Crippen LogP contribution in [-0.4, -0.2) is 36.0 Å². The van der Waals surface area contributed by atoms with Crippen LogP contribution in [0.25, 0.3) is 0 Å². The first-order valence-corrected chi connectivity index (χ1v) is 9.95. The Hall–Kier alpha value is -3.66. The molecule has 0 atom stereocenters. The second-order valence-electron chi connectivity index (χ2n) is 6.12. The molecule has 0 saturated carbocycles. The third kappa shape index (κ3) is 5.67. The summed E-state index contributed by atoms with van der Waals surface area (Å²) < 4.78 is 11.0. The molecule has 0 bridgehead atoms. The third-order valence-corrected chi connectivity index (χ3v) is 4.74. The fourth-order valence-electron chi connectivity index (χ4n) is 2.57. The van der Waals surface area contributed by atoms with Gasteiger partial charge in [0, 0.05) is 41.9 Å². The van der Waals surface area contributed by atoms with Crippen LogP contribution in [0, 0.1) is 10.1 Å². The molecule has 2 N–H and O–H groups in total. The first kappa shape index (κ1) is 21.1. The minimum absolute atomic E-state index is 0.0295. The second-order valence-corrected chi connectivity index (χ2v) is 6.84. The predicted octanol–water partition coefficient (Wildman–Crippen LogP) is 3.48. The third-order valence-electron chi connectivity index (χ3n) is 4.10. The topological polar surface area (TPSA) is 116 Å². The molecule has 30 heavy (non-hydrogen) atoms. The Kier molecular flexibility index (Phi) is 7.17. The van der Waals surface area contributed by atoms with Gasteiger partial charge < -0.3 is 20.1 Å². The van der Waals surface area contributed by atoms with Gasteiger partial charge in [-0.2, -0.15) is 0 Å². The van der Waals surface area contributed by atoms with E-state index in [-0.39, 0.29) is 11.6 Å². The molecule has 1 heterocycles. The standard InChI is InChI=1S/C20H20N4O5S/c1-28-19-10-14(2-7-18(19)29-11-16-12-30-13-23-16)20(25)22-9-8-21-15-3-5-17(6-4-15)24(26)27/h2-7,10,12-13,21H,8-9,11H2,1H3,(H,22,25). The lowest BCUT2D eigenvalue weighted by molar-refractivity contribution is -0.384. The molecule has 3 aromatic rings. The fourth-order valence-corrected chi connectivity index (χ4v) is 3.12. The summed E-state index contributed by atoms with van der Waals surface area (Å²) in [5.41, 5.74) is 3.77. The lowest BCUT2D eigenvalue weighted by atomic mass is 10.2. The van der Waals surface area contributed by atoms with Gasteiger partial charge in [0.15, 0.2) is 11.5 Å². The monoisotopic (exact) mass is 428 g/mol. The highest BCUT2D eigenvalue weighted by molar-refractivity contribution is 7.07. The van der Waals surface area contributed by atoms with Gasteiger partial charge in [-0.1, -0.05) is 0 Å². The maximum Gasteiger partial charge on any atom is 0.269 e. The number of methoxy groups -OCH3 is 1. The zero-order valence-corrected chi connectivity index (χ0v) is 17.0. The molecule has 2 aromatic carbocycles. The Balaban J connectivity index is 1.49. The summed E-state index contributed by atoms with van der Waals surface area (Å²) in [6.07, 6.45) is 0. The van der Waals surface area contributed by atoms with E-state index in [0.29, 0.717) is 36.8 Å². The van der Waals surface area contributed by atoms with E-state index in [1.54, 1.807) is 35.8 Å². The van der Waals surface area contributed by atoms with Gasteiger partial charge in [0.1, 0.15) is 6.61 Å². The molecule has 10 heteroatoms. The van der Waals surface area contributed by atoms with Crippen molar-refractivity contribution in [2.75, 3.05) is 25.5 Å². The minimum atomic E-state index is -0.451. The number of aromatic nitrogens is 1. The first-order chi connectivity index (χ1) is 14.6. The maximum absolute atomic E-state index is 12.4. The number of benzene rings is 2. The van der Waals surface area contributed by atoms with Crippen LogP contribution in [0.1, 0.15) is 16.1 Å². The average Bonchev–Trinajstić information content (AvgIpc) is 3.29. The van der Waals surface area contributed by atoms with Crippen LogP contribution >= 0.6 is 11.3 Å². The van der Waals surface area contributed by atoms with Gasteiger partial charge in [0.2, 0.25) is 0 Å². The van der Waals surface area contributed by atoms with E-state index in [4.69, 9.17) is 9.47 Å². The van der Waals surface area contributed by atoms with Gasteiger partial charge in [0.05, 0.1) is 23.2 Å². The van der Waals surface area contributed by atoms with Crippen LogP contribution < -0.4 is 20.1 Å². The number of rotatable bonds is 10. The first-order valence-electron chi connectivity index (χ1n) is 9.01. The Morgan fingerprint density at radius 2 is 1.97 bits per heavy atom. The zero-order chi connectivity index (χ0) is 21.3. The van der Waals surface area contributed by atoms with E-state index >= 15 is 0 Å². The van der Waals surface area contributed by atoms with Gasteiger partial charge in [-0.05, 0) is 30.3 Å². The number of nitro benzene ring substituents is 1. The number of carbonyl (C=O) groups excluding carboxylic acids is 1. The summed E-state index contributed by atoms with van der Waals surface area (Å²) in [5.74, 6) is 0.744. The number of hydrogen-bond donors (Lipinski definition) is 2. The molecule has 0 aliphatic rings. The lowest BCUT2D eigenvalue weighted by Crippen LogP contribution is -2.28. The van der Waals surface area contributed by atoms with Crippen molar-refractivity contribution in [3.05, 3.63) is 74.7 Å². The van der Waals surface area contributed by atoms with Crippen molar-refractivity contribution < 1.29 is 19.2 Å². The summed E-state index contributed by atoms with van der Waals surface area (Å²) in [6, 6.07) is 11.1. The molecule has 9 nitrogen and oxygen atoms in total. The number of thiazole rings is 1. The molecule has 0 spiro atoms. The van der Waals surface area contributed by atoms with Crippen molar-refractivity contribution in [1.82, 2.24) is 10.3 Å². The summed E-state index contributed by atoms with van der Waals surface area (Å²) in [5, 5.41) is 18.5. The van der Waals surface area contributed by atoms with Crippen LogP contribution in [0.2, 0.25) is 0 Å². The number of nitrogens with zero attached hydrogens (tertiary/aromatic N) is 2. The molecule has 0 aliphatic heterocycles. The van der Waals surface area contributed by atoms with Crippen molar-refractivity contribution in [3.8, 4) is 11.5 Å². The molecule has 0 fully saturated rings. The summed E-state index contributed by atoms with van der Waals surface area (Å²) in [7, 11) is 1.51. The van der Waals surface area contributed by atoms with Gasteiger partial charge in [0.25, 0.3) is 11.6 Å². The lowest BCUT2D eigenvalue weighted by Gasteiger charge is -2.12. The van der Waals surface area contributed by atoms with Gasteiger partial charge in [-0.3, -0.25) is 14.9 Å². The van der Waals surface area contributed by atoms with E-state index in [1.165, 1.54) is 30.6 Å². The number of amides is 1. The average molecular weight is 428 g/mol. The number of non-ortho nitro benzene ring substituents is 1. The number of hydrogen-bond acceptors (Lipinski definition) is 8. The summed E-state index contributed by atoms with van der Waals surface area (Å²) in [6.45, 7) is 1.16. The van der Waals surface area contributed by atoms with Crippen molar-refractivity contribution in [3.63, 3.8) is 0 Å². The number of nitro groups is 1. The molecule has 1 aromatic heterocycles. The molecule has 1 amide bonds. The molecule has 0 unspecified atom stereocenters. The number of carbonyl (C=O) groups is 1. The van der Waals surface area contributed by atoms with Crippen LogP contribution in [0.15, 0.2) is 53.4 Å². The van der Waals surface area contributed by atoms with E-state index < -0.39 is 4.92 Å². The van der Waals surface area contributed by atoms with E-state index in [2.05, 4.69) is 15.6 Å². The molecule has 0 aliphatic carbocycles. The fraction of sp³-hybridized carbons (Fsp3) is 0.200. The zero-order valence-electron chi connectivity index (χ0n) is 16.2. The normalized spacial score (nSPS) is 10.3. The Morgan fingerprint density at radius 1 is 1.17 bits per heavy atom. The van der Waals surface area contributed by atoms with Crippen LogP contribution in [0.3, 0.4) is 0 Å². The largest absolute Gasteiger partial charge is 0.493 e. The molecular weight excluding hydrogens is 408 g/mol. The maximum atomic E-state index is 12.4. The smallest absolute Gasteiger partial charge is 0.269 e. The minimum Gasteiger partial charge on any atom is -0.493 e. The van der Waals surface area contributed by atoms with E-state index in [9.17, 15) is 14.9 Å². The Bertz CT molecular complexity index is 993. The summed E-state index contributed by atoms with van der Waals surface area (Å²) in [4.78, 5) is 26.7. The van der Waals surface area contributed by atoms with Crippen LogP contribution in [0.5, 0.6) is 11.5 Å². The highest BCUT2D eigenvalue weighted by Crippen LogP contribution is 2.28. The van der Waals surface area contributed by atoms with Gasteiger partial charge >= 0.3 is 0 Å². The molecule has 0 saturated heterocycles.